The van der Waals surface area contributed by atoms with E-state index in [4.69, 9.17) is 4.74 Å². The Hall–Kier alpha value is -3.02. The molecule has 3 rings (SSSR count). The van der Waals surface area contributed by atoms with Crippen LogP contribution in [0.2, 0.25) is 0 Å². The average molecular weight is 532 g/mol. The van der Waals surface area contributed by atoms with E-state index in [1.165, 1.54) is 36.4 Å². The van der Waals surface area contributed by atoms with Crippen LogP contribution < -0.4 is 4.74 Å². The van der Waals surface area contributed by atoms with Crippen LogP contribution in [0.15, 0.2) is 69.6 Å². The number of benzene rings is 3. The first-order valence-electron chi connectivity index (χ1n) is 8.60. The van der Waals surface area contributed by atoms with Crippen LogP contribution in [0.4, 0.5) is 10.1 Å². The Morgan fingerprint density at radius 3 is 2.40 bits per heavy atom. The Kier molecular flexibility index (Phi) is 6.98. The number of halogens is 3. The molecule has 0 saturated carbocycles. The summed E-state index contributed by atoms with van der Waals surface area (Å²) in [5.74, 6) is 0.186. The lowest BCUT2D eigenvalue weighted by Gasteiger charge is -2.13. The molecule has 5 nitrogen and oxygen atoms in total. The van der Waals surface area contributed by atoms with Crippen molar-refractivity contribution in [1.82, 2.24) is 0 Å². The van der Waals surface area contributed by atoms with Gasteiger partial charge in [-0.05, 0) is 69.5 Å². The van der Waals surface area contributed by atoms with E-state index in [1.807, 2.05) is 6.07 Å². The lowest BCUT2D eigenvalue weighted by atomic mass is 10.0. The molecule has 0 amide bonds. The van der Waals surface area contributed by atoms with Gasteiger partial charge in [0.15, 0.2) is 0 Å². The SMILES string of the molecule is N#C/C(=C\c1cc(Br)cc(Br)c1OCc1ccc(F)cc1)c1ccc([N+](=O)[O-])cc1. The molecule has 0 aliphatic carbocycles. The first-order valence-corrected chi connectivity index (χ1v) is 10.2. The standard InChI is InChI=1S/C22H13Br2FN2O3/c23-18-10-16(9-17(12-26)15-3-7-20(8-4-15)27(28)29)22(21(24)11-18)30-13-14-1-5-19(25)6-2-14/h1-11H,13H2/b17-9+. The topological polar surface area (TPSA) is 76.2 Å². The summed E-state index contributed by atoms with van der Waals surface area (Å²) >= 11 is 6.90. The molecule has 3 aromatic rings. The van der Waals surface area contributed by atoms with Crippen LogP contribution in [0.25, 0.3) is 11.6 Å². The minimum Gasteiger partial charge on any atom is -0.487 e. The van der Waals surface area contributed by atoms with Crippen LogP contribution in [0.5, 0.6) is 5.75 Å². The van der Waals surface area contributed by atoms with Gasteiger partial charge in [0, 0.05) is 22.2 Å². The van der Waals surface area contributed by atoms with Crippen LogP contribution in [0.3, 0.4) is 0 Å². The molecule has 8 heteroatoms. The Labute approximate surface area is 188 Å². The molecule has 0 N–H and O–H groups in total. The van der Waals surface area contributed by atoms with Crippen LogP contribution >= 0.6 is 31.9 Å². The molecule has 0 saturated heterocycles. The smallest absolute Gasteiger partial charge is 0.269 e. The van der Waals surface area contributed by atoms with Gasteiger partial charge in [0.1, 0.15) is 18.2 Å². The predicted octanol–water partition coefficient (Wildman–Crippen LogP) is 6.90. The minimum atomic E-state index is -0.494. The van der Waals surface area contributed by atoms with E-state index in [9.17, 15) is 19.8 Å². The number of nitro groups is 1. The normalized spacial score (nSPS) is 11.1. The van der Waals surface area contributed by atoms with Crippen molar-refractivity contribution in [2.24, 2.45) is 0 Å². The van der Waals surface area contributed by atoms with Gasteiger partial charge in [-0.3, -0.25) is 10.1 Å². The molecule has 150 valence electrons. The summed E-state index contributed by atoms with van der Waals surface area (Å²) in [6, 6.07) is 17.5. The van der Waals surface area contributed by atoms with E-state index in [1.54, 1.807) is 24.3 Å². The highest BCUT2D eigenvalue weighted by atomic mass is 79.9. The van der Waals surface area contributed by atoms with Crippen LogP contribution in [-0.2, 0) is 6.61 Å². The number of rotatable bonds is 6. The third-order valence-electron chi connectivity index (χ3n) is 4.14. The zero-order valence-corrected chi connectivity index (χ0v) is 18.5. The van der Waals surface area contributed by atoms with Crippen molar-refractivity contribution in [3.63, 3.8) is 0 Å². The number of allylic oxidation sites excluding steroid dienone is 1. The van der Waals surface area contributed by atoms with Crippen molar-refractivity contribution in [3.8, 4) is 11.8 Å². The fraction of sp³-hybridized carbons (Fsp3) is 0.0455. The minimum absolute atomic E-state index is 0.0513. The van der Waals surface area contributed by atoms with E-state index in [-0.39, 0.29) is 18.1 Å². The number of nitrogens with zero attached hydrogens (tertiary/aromatic N) is 2. The highest BCUT2D eigenvalue weighted by molar-refractivity contribution is 9.11. The van der Waals surface area contributed by atoms with Crippen LogP contribution in [-0.4, -0.2) is 4.92 Å². The summed E-state index contributed by atoms with van der Waals surface area (Å²) < 4.78 is 20.5. The van der Waals surface area contributed by atoms with Gasteiger partial charge in [0.05, 0.1) is 21.0 Å². The van der Waals surface area contributed by atoms with Crippen molar-refractivity contribution in [3.05, 3.63) is 102 Å². The number of nitro benzene ring substituents is 1. The molecule has 0 aromatic heterocycles. The second kappa shape index (κ2) is 9.65. The first-order chi connectivity index (χ1) is 14.4. The lowest BCUT2D eigenvalue weighted by molar-refractivity contribution is -0.384. The second-order valence-corrected chi connectivity index (χ2v) is 7.96. The van der Waals surface area contributed by atoms with E-state index in [0.717, 1.165) is 10.0 Å². The van der Waals surface area contributed by atoms with Crippen LogP contribution in [0, 0.1) is 27.3 Å². The first kappa shape index (κ1) is 21.7. The summed E-state index contributed by atoms with van der Waals surface area (Å²) in [4.78, 5) is 10.4. The quantitative estimate of drug-likeness (QED) is 0.150. The molecular formula is C22H13Br2FN2O3. The fourth-order valence-corrected chi connectivity index (χ4v) is 4.05. The summed E-state index contributed by atoms with van der Waals surface area (Å²) in [6.07, 6.45) is 1.65. The van der Waals surface area contributed by atoms with Gasteiger partial charge in [-0.15, -0.1) is 0 Å². The molecule has 30 heavy (non-hydrogen) atoms. The summed E-state index contributed by atoms with van der Waals surface area (Å²) in [6.45, 7) is 0.209. The highest BCUT2D eigenvalue weighted by Crippen LogP contribution is 2.36. The average Bonchev–Trinajstić information content (AvgIpc) is 2.72. The summed E-state index contributed by atoms with van der Waals surface area (Å²) in [5.41, 5.74) is 2.24. The van der Waals surface area contributed by atoms with Crippen molar-refractivity contribution >= 4 is 49.2 Å². The number of nitriles is 1. The second-order valence-electron chi connectivity index (χ2n) is 6.19. The predicted molar refractivity (Wildman–Crippen MR) is 119 cm³/mol. The maximum Gasteiger partial charge on any atom is 0.269 e. The van der Waals surface area contributed by atoms with E-state index < -0.39 is 4.92 Å². The molecule has 0 radical (unpaired) electrons. The van der Waals surface area contributed by atoms with Gasteiger partial charge in [0.2, 0.25) is 0 Å². The zero-order chi connectivity index (χ0) is 21.7. The van der Waals surface area contributed by atoms with Crippen molar-refractivity contribution in [2.45, 2.75) is 6.61 Å². The monoisotopic (exact) mass is 530 g/mol. The Morgan fingerprint density at radius 1 is 1.13 bits per heavy atom. The van der Waals surface area contributed by atoms with Gasteiger partial charge in [0.25, 0.3) is 5.69 Å². The van der Waals surface area contributed by atoms with Gasteiger partial charge in [-0.1, -0.05) is 28.1 Å². The molecule has 0 bridgehead atoms. The lowest BCUT2D eigenvalue weighted by Crippen LogP contribution is -1.98. The number of ether oxygens (including phenoxy) is 1. The zero-order valence-electron chi connectivity index (χ0n) is 15.3. The molecule has 0 unspecified atom stereocenters. The molecular weight excluding hydrogens is 519 g/mol. The summed E-state index contributed by atoms with van der Waals surface area (Å²) in [5, 5.41) is 20.5. The van der Waals surface area contributed by atoms with Gasteiger partial charge < -0.3 is 4.74 Å². The number of hydrogen-bond acceptors (Lipinski definition) is 4. The molecule has 0 aliphatic heterocycles. The molecule has 3 aromatic carbocycles. The van der Waals surface area contributed by atoms with Gasteiger partial charge >= 0.3 is 0 Å². The Bertz CT molecular complexity index is 1150. The van der Waals surface area contributed by atoms with Crippen molar-refractivity contribution in [1.29, 1.82) is 5.26 Å². The van der Waals surface area contributed by atoms with E-state index in [2.05, 4.69) is 37.9 Å². The Morgan fingerprint density at radius 2 is 1.80 bits per heavy atom. The maximum absolute atomic E-state index is 13.1. The molecule has 0 spiro atoms. The Balaban J connectivity index is 1.95. The van der Waals surface area contributed by atoms with E-state index >= 15 is 0 Å². The molecule has 0 aliphatic rings. The molecule has 0 atom stereocenters. The third kappa shape index (κ3) is 5.32. The fourth-order valence-electron chi connectivity index (χ4n) is 2.67. The van der Waals surface area contributed by atoms with E-state index in [0.29, 0.717) is 26.9 Å². The van der Waals surface area contributed by atoms with Gasteiger partial charge in [-0.25, -0.2) is 4.39 Å². The number of hydrogen-bond donors (Lipinski definition) is 0. The summed E-state index contributed by atoms with van der Waals surface area (Å²) in [7, 11) is 0. The molecule has 0 fully saturated rings. The largest absolute Gasteiger partial charge is 0.487 e. The third-order valence-corrected chi connectivity index (χ3v) is 5.19. The maximum atomic E-state index is 13.1. The van der Waals surface area contributed by atoms with Gasteiger partial charge in [-0.2, -0.15) is 5.26 Å². The highest BCUT2D eigenvalue weighted by Gasteiger charge is 2.12. The number of non-ortho nitro benzene ring substituents is 1. The van der Waals surface area contributed by atoms with Crippen molar-refractivity contribution < 1.29 is 14.1 Å². The van der Waals surface area contributed by atoms with Crippen molar-refractivity contribution in [2.75, 3.05) is 0 Å². The molecule has 0 heterocycles. The van der Waals surface area contributed by atoms with Crippen LogP contribution in [0.1, 0.15) is 16.7 Å².